The predicted octanol–water partition coefficient (Wildman–Crippen LogP) is 2.64. The number of rotatable bonds is 2. The summed E-state index contributed by atoms with van der Waals surface area (Å²) in [5.74, 6) is 0. The molecule has 0 radical (unpaired) electrons. The summed E-state index contributed by atoms with van der Waals surface area (Å²) in [7, 11) is 0. The van der Waals surface area contributed by atoms with Crippen LogP contribution in [0.15, 0.2) is 23.3 Å². The number of allylic oxidation sites excluding steroid dienone is 4. The third-order valence-electron chi connectivity index (χ3n) is 0.846. The Labute approximate surface area is 73.2 Å². The van der Waals surface area contributed by atoms with Gasteiger partial charge in [0, 0.05) is 0 Å². The van der Waals surface area contributed by atoms with Gasteiger partial charge in [-0.3, -0.25) is 0 Å². The van der Waals surface area contributed by atoms with Crippen molar-refractivity contribution in [1.29, 1.82) is 0 Å². The molecule has 0 amide bonds. The summed E-state index contributed by atoms with van der Waals surface area (Å²) in [5, 5.41) is 0. The van der Waals surface area contributed by atoms with Crippen molar-refractivity contribution in [2.75, 3.05) is 0 Å². The van der Waals surface area contributed by atoms with Crippen LogP contribution in [0.3, 0.4) is 0 Å². The molecular formula is C9H14Ru. The van der Waals surface area contributed by atoms with Crippen LogP contribution in [0.25, 0.3) is 0 Å². The van der Waals surface area contributed by atoms with Crippen LogP contribution in [-0.4, -0.2) is 4.11 Å². The third-order valence-corrected chi connectivity index (χ3v) is 1.35. The molecule has 0 aromatic carbocycles. The van der Waals surface area contributed by atoms with Gasteiger partial charge in [0.15, 0.2) is 0 Å². The van der Waals surface area contributed by atoms with Crippen molar-refractivity contribution in [2.45, 2.75) is 27.7 Å². The summed E-state index contributed by atoms with van der Waals surface area (Å²) >= 11 is 2.62. The van der Waals surface area contributed by atoms with E-state index < -0.39 is 0 Å². The molecule has 0 saturated carbocycles. The number of hydrogen-bond acceptors (Lipinski definition) is 0. The van der Waals surface area contributed by atoms with Gasteiger partial charge in [0.1, 0.15) is 0 Å². The fraction of sp³-hybridized carbons (Fsp3) is 0.444. The standard InChI is InChI=1S/C9H14.Ru/c1-8(2)6-5-7-9(3)4;/h6-7H,1-4H3;. The summed E-state index contributed by atoms with van der Waals surface area (Å²) in [4.78, 5) is 0. The number of hydrogen-bond donors (Lipinski definition) is 0. The Morgan fingerprint density at radius 3 is 1.40 bits per heavy atom. The molecule has 0 heterocycles. The van der Waals surface area contributed by atoms with Crippen LogP contribution in [0, 0.1) is 0 Å². The molecule has 0 saturated heterocycles. The van der Waals surface area contributed by atoms with Gasteiger partial charge in [0.2, 0.25) is 0 Å². The van der Waals surface area contributed by atoms with Gasteiger partial charge in [-0.25, -0.2) is 0 Å². The molecule has 0 atom stereocenters. The van der Waals surface area contributed by atoms with Crippen LogP contribution < -0.4 is 0 Å². The van der Waals surface area contributed by atoms with Gasteiger partial charge in [0.05, 0.1) is 0 Å². The van der Waals surface area contributed by atoms with E-state index >= 15 is 0 Å². The Balaban J connectivity index is 4.14. The molecule has 0 fully saturated rings. The van der Waals surface area contributed by atoms with E-state index in [1.165, 1.54) is 15.3 Å². The first kappa shape index (κ1) is 9.97. The molecule has 0 aliphatic heterocycles. The summed E-state index contributed by atoms with van der Waals surface area (Å²) in [6.07, 6.45) is 4.31. The molecule has 0 bridgehead atoms. The Morgan fingerprint density at radius 2 is 1.20 bits per heavy atom. The van der Waals surface area contributed by atoms with Crippen molar-refractivity contribution in [1.82, 2.24) is 0 Å². The summed E-state index contributed by atoms with van der Waals surface area (Å²) < 4.78 is 1.26. The Hall–Kier alpha value is -0.0266. The van der Waals surface area contributed by atoms with Gasteiger partial charge in [-0.2, -0.15) is 0 Å². The first-order valence-corrected chi connectivity index (χ1v) is 4.20. The van der Waals surface area contributed by atoms with E-state index in [9.17, 15) is 0 Å². The molecule has 0 unspecified atom stereocenters. The van der Waals surface area contributed by atoms with Gasteiger partial charge >= 0.3 is 73.0 Å². The zero-order chi connectivity index (χ0) is 8.15. The molecule has 0 rings (SSSR count). The fourth-order valence-corrected chi connectivity index (χ4v) is 1.58. The Bertz CT molecular complexity index is 157. The Morgan fingerprint density at radius 1 is 0.900 bits per heavy atom. The van der Waals surface area contributed by atoms with Crippen LogP contribution in [0.4, 0.5) is 0 Å². The van der Waals surface area contributed by atoms with Crippen molar-refractivity contribution >= 4 is 4.11 Å². The van der Waals surface area contributed by atoms with Gasteiger partial charge in [-0.05, 0) is 0 Å². The van der Waals surface area contributed by atoms with Crippen molar-refractivity contribution in [3.05, 3.63) is 23.3 Å². The summed E-state index contributed by atoms with van der Waals surface area (Å²) in [5.41, 5.74) is 2.68. The molecule has 0 nitrogen and oxygen atoms in total. The molecule has 0 N–H and O–H groups in total. The van der Waals surface area contributed by atoms with Crippen molar-refractivity contribution in [2.24, 2.45) is 0 Å². The molecule has 0 aliphatic carbocycles. The van der Waals surface area contributed by atoms with Crippen LogP contribution in [-0.2, 0) is 17.9 Å². The van der Waals surface area contributed by atoms with Gasteiger partial charge in [-0.15, -0.1) is 0 Å². The molecule has 1 heteroatoms. The van der Waals surface area contributed by atoms with Crippen molar-refractivity contribution in [3.63, 3.8) is 0 Å². The fourth-order valence-electron chi connectivity index (χ4n) is 0.579. The van der Waals surface area contributed by atoms with Gasteiger partial charge in [-0.1, -0.05) is 0 Å². The van der Waals surface area contributed by atoms with Crippen molar-refractivity contribution < 1.29 is 17.9 Å². The van der Waals surface area contributed by atoms with E-state index in [4.69, 9.17) is 0 Å². The summed E-state index contributed by atoms with van der Waals surface area (Å²) in [6.45, 7) is 8.41. The maximum atomic E-state index is 2.62. The van der Waals surface area contributed by atoms with Gasteiger partial charge in [0.25, 0.3) is 0 Å². The molecule has 0 aliphatic rings. The molecule has 0 aromatic rings. The van der Waals surface area contributed by atoms with Crippen LogP contribution in [0.5, 0.6) is 0 Å². The summed E-state index contributed by atoms with van der Waals surface area (Å²) in [6, 6.07) is 0. The predicted molar refractivity (Wildman–Crippen MR) is 43.9 cm³/mol. The minimum atomic E-state index is 1.26. The monoisotopic (exact) mass is 224 g/mol. The third kappa shape index (κ3) is 6.10. The second-order valence-corrected chi connectivity index (χ2v) is 3.82. The average Bonchev–Trinajstić information content (AvgIpc) is 1.58. The normalized spacial score (nSPS) is 8.50. The average molecular weight is 223 g/mol. The van der Waals surface area contributed by atoms with Crippen LogP contribution in [0.1, 0.15) is 27.7 Å². The minimum absolute atomic E-state index is 1.26. The van der Waals surface area contributed by atoms with E-state index in [1.54, 1.807) is 0 Å². The van der Waals surface area contributed by atoms with Crippen LogP contribution in [0.2, 0.25) is 0 Å². The SMILES string of the molecule is CC(C)=C[C](=[Ru])C=C(C)C. The van der Waals surface area contributed by atoms with E-state index in [2.05, 4.69) is 57.7 Å². The van der Waals surface area contributed by atoms with Crippen LogP contribution >= 0.6 is 0 Å². The van der Waals surface area contributed by atoms with E-state index in [0.717, 1.165) is 0 Å². The van der Waals surface area contributed by atoms with Crippen molar-refractivity contribution in [3.8, 4) is 0 Å². The van der Waals surface area contributed by atoms with E-state index in [-0.39, 0.29) is 0 Å². The van der Waals surface area contributed by atoms with E-state index in [0.29, 0.717) is 0 Å². The molecule has 10 heavy (non-hydrogen) atoms. The quantitative estimate of drug-likeness (QED) is 0.631. The zero-order valence-corrected chi connectivity index (χ0v) is 8.75. The first-order chi connectivity index (χ1) is 4.52. The molecule has 0 aromatic heterocycles. The maximum absolute atomic E-state index is 2.62. The Kier molecular flexibility index (Phi) is 4.73. The second-order valence-electron chi connectivity index (χ2n) is 2.81. The van der Waals surface area contributed by atoms with Gasteiger partial charge < -0.3 is 0 Å². The van der Waals surface area contributed by atoms with E-state index in [1.807, 2.05) is 0 Å². The topological polar surface area (TPSA) is 0 Å². The second kappa shape index (κ2) is 4.74. The molecule has 0 spiro atoms. The first-order valence-electron chi connectivity index (χ1n) is 3.33. The molecular weight excluding hydrogens is 209 g/mol. The zero-order valence-electron chi connectivity index (χ0n) is 7.01. The molecule has 58 valence electrons.